The normalized spacial score (nSPS) is 11.1. The summed E-state index contributed by atoms with van der Waals surface area (Å²) < 4.78 is 36.0. The molecular weight excluding hydrogens is 392 g/mol. The summed E-state index contributed by atoms with van der Waals surface area (Å²) in [6.07, 6.45) is 2.76. The first kappa shape index (κ1) is 19.0. The fourth-order valence-electron chi connectivity index (χ4n) is 2.45. The van der Waals surface area contributed by atoms with E-state index >= 15 is 0 Å². The Balaban J connectivity index is 2.17. The molecule has 1 aromatic carbocycles. The van der Waals surface area contributed by atoms with Crippen molar-refractivity contribution >= 4 is 32.5 Å². The number of aromatic nitrogens is 3. The third kappa shape index (κ3) is 3.83. The van der Waals surface area contributed by atoms with E-state index in [2.05, 4.69) is 21.8 Å². The van der Waals surface area contributed by atoms with Gasteiger partial charge in [0.15, 0.2) is 0 Å². The molecule has 0 aliphatic heterocycles. The van der Waals surface area contributed by atoms with Gasteiger partial charge < -0.3 is 9.47 Å². The minimum absolute atomic E-state index is 0.0599. The molecule has 0 aliphatic carbocycles. The molecule has 2 heterocycles. The summed E-state index contributed by atoms with van der Waals surface area (Å²) in [4.78, 5) is 8.46. The van der Waals surface area contributed by atoms with Crippen molar-refractivity contribution in [2.75, 3.05) is 13.7 Å². The lowest BCUT2D eigenvalue weighted by Crippen LogP contribution is -2.11. The van der Waals surface area contributed by atoms with Gasteiger partial charge in [0, 0.05) is 16.6 Å². The van der Waals surface area contributed by atoms with Crippen LogP contribution in [-0.4, -0.2) is 36.7 Å². The Hall–Kier alpha value is -2.80. The largest absolute Gasteiger partial charge is 0.478 e. The van der Waals surface area contributed by atoms with Crippen LogP contribution in [0.25, 0.3) is 16.9 Å². The summed E-state index contributed by atoms with van der Waals surface area (Å²) in [5.41, 5.74) is 0.485. The van der Waals surface area contributed by atoms with Gasteiger partial charge in [-0.2, -0.15) is 4.98 Å². The van der Waals surface area contributed by atoms with Crippen molar-refractivity contribution in [3.05, 3.63) is 35.6 Å². The molecule has 0 amide bonds. The third-order valence-electron chi connectivity index (χ3n) is 3.63. The number of methoxy groups -OCH3 is 1. The summed E-state index contributed by atoms with van der Waals surface area (Å²) in [5.74, 6) is 6.13. The van der Waals surface area contributed by atoms with E-state index in [4.69, 9.17) is 26.2 Å². The van der Waals surface area contributed by atoms with E-state index in [1.54, 1.807) is 25.1 Å². The van der Waals surface area contributed by atoms with E-state index in [0.717, 1.165) is 0 Å². The first-order valence-electron chi connectivity index (χ1n) is 7.62. The van der Waals surface area contributed by atoms with Gasteiger partial charge in [0.25, 0.3) is 5.88 Å². The van der Waals surface area contributed by atoms with Gasteiger partial charge in [-0.05, 0) is 25.1 Å². The predicted molar refractivity (Wildman–Crippen MR) is 101 cm³/mol. The summed E-state index contributed by atoms with van der Waals surface area (Å²) in [7, 11) is -2.52. The van der Waals surface area contributed by atoms with Crippen LogP contribution in [0.4, 0.5) is 0 Å². The smallest absolute Gasteiger partial charge is 0.261 e. The number of hydrogen-bond donors (Lipinski definition) is 1. The average Bonchev–Trinajstić information content (AvgIpc) is 3.01. The second kappa shape index (κ2) is 7.44. The molecule has 0 fully saturated rings. The Bertz CT molecular complexity index is 1180. The van der Waals surface area contributed by atoms with Gasteiger partial charge >= 0.3 is 0 Å². The molecule has 140 valence electrons. The minimum Gasteiger partial charge on any atom is -0.478 e. The fourth-order valence-corrected chi connectivity index (χ4v) is 3.35. The number of ether oxygens (including phenoxy) is 2. The molecule has 2 N–H and O–H groups in total. The number of sulfonamides is 1. The average molecular weight is 407 g/mol. The van der Waals surface area contributed by atoms with Crippen LogP contribution in [0.5, 0.6) is 11.6 Å². The number of fused-ring (bicyclic) bond motifs is 1. The molecule has 0 bridgehead atoms. The topological polar surface area (TPSA) is 109 Å². The lowest BCUT2D eigenvalue weighted by atomic mass is 10.2. The van der Waals surface area contributed by atoms with Gasteiger partial charge in [0.05, 0.1) is 18.8 Å². The van der Waals surface area contributed by atoms with E-state index in [-0.39, 0.29) is 23.3 Å². The summed E-state index contributed by atoms with van der Waals surface area (Å²) in [6, 6.07) is 4.75. The first-order valence-corrected chi connectivity index (χ1v) is 9.54. The maximum atomic E-state index is 11.9. The zero-order valence-electron chi connectivity index (χ0n) is 14.4. The number of nitrogens with two attached hydrogens (primary N) is 1. The Kier molecular flexibility index (Phi) is 5.23. The van der Waals surface area contributed by atoms with Crippen LogP contribution < -0.4 is 14.6 Å². The highest BCUT2D eigenvalue weighted by molar-refractivity contribution is 7.89. The molecule has 0 radical (unpaired) electrons. The van der Waals surface area contributed by atoms with Crippen LogP contribution in [0.3, 0.4) is 0 Å². The maximum Gasteiger partial charge on any atom is 0.261 e. The number of hydrogen-bond acceptors (Lipinski definition) is 6. The van der Waals surface area contributed by atoms with Crippen molar-refractivity contribution in [3.8, 4) is 29.4 Å². The van der Waals surface area contributed by atoms with Crippen molar-refractivity contribution in [3.63, 3.8) is 0 Å². The first-order chi connectivity index (χ1) is 12.8. The van der Waals surface area contributed by atoms with E-state index in [9.17, 15) is 8.42 Å². The molecule has 3 rings (SSSR count). The zero-order valence-corrected chi connectivity index (χ0v) is 16.0. The number of primary sulfonamides is 1. The molecule has 8 nitrogen and oxygen atoms in total. The van der Waals surface area contributed by atoms with Gasteiger partial charge in [-0.3, -0.25) is 4.57 Å². The molecule has 0 aliphatic rings. The van der Waals surface area contributed by atoms with E-state index in [0.29, 0.717) is 21.7 Å². The quantitative estimate of drug-likeness (QED) is 0.650. The lowest BCUT2D eigenvalue weighted by molar-refractivity contribution is 0.319. The number of nitrogens with zero attached hydrogens (tertiary/aromatic N) is 3. The number of halogens is 1. The van der Waals surface area contributed by atoms with Crippen molar-refractivity contribution in [2.24, 2.45) is 5.14 Å². The lowest BCUT2D eigenvalue weighted by Gasteiger charge is -2.09. The van der Waals surface area contributed by atoms with Crippen LogP contribution in [0.1, 0.15) is 6.92 Å². The van der Waals surface area contributed by atoms with Crippen LogP contribution in [0.15, 0.2) is 35.5 Å². The van der Waals surface area contributed by atoms with Gasteiger partial charge in [0.1, 0.15) is 11.5 Å². The Morgan fingerprint density at radius 2 is 2.15 bits per heavy atom. The minimum atomic E-state index is -3.96. The van der Waals surface area contributed by atoms with Crippen molar-refractivity contribution in [2.45, 2.75) is 11.8 Å². The molecule has 0 atom stereocenters. The molecule has 3 aromatic rings. The van der Waals surface area contributed by atoms with Crippen molar-refractivity contribution in [1.82, 2.24) is 14.5 Å². The zero-order chi connectivity index (χ0) is 19.6. The SMILES string of the molecule is CC#CCOc1cnc(-n2cc(S(N)(=O)=O)c3ccc(Cl)cc32)nc1OC. The Morgan fingerprint density at radius 3 is 2.81 bits per heavy atom. The number of rotatable bonds is 5. The van der Waals surface area contributed by atoms with E-state index < -0.39 is 10.0 Å². The molecule has 10 heteroatoms. The summed E-state index contributed by atoms with van der Waals surface area (Å²) in [6.45, 7) is 1.86. The van der Waals surface area contributed by atoms with Crippen molar-refractivity contribution in [1.29, 1.82) is 0 Å². The highest BCUT2D eigenvalue weighted by Crippen LogP contribution is 2.30. The van der Waals surface area contributed by atoms with E-state index in [1.807, 2.05) is 0 Å². The standard InChI is InChI=1S/C17H15ClN4O4S/c1-3-4-7-26-14-9-20-17(21-16(14)25-2)22-10-15(27(19,23)24)12-6-5-11(18)8-13(12)22/h5-6,8-10H,7H2,1-2H3,(H2,19,23,24). The second-order valence-electron chi connectivity index (χ2n) is 5.33. The van der Waals surface area contributed by atoms with Gasteiger partial charge in [0.2, 0.25) is 21.7 Å². The Morgan fingerprint density at radius 1 is 1.37 bits per heavy atom. The maximum absolute atomic E-state index is 11.9. The Labute approximate surface area is 160 Å². The molecule has 0 unspecified atom stereocenters. The van der Waals surface area contributed by atoms with Crippen molar-refractivity contribution < 1.29 is 17.9 Å². The van der Waals surface area contributed by atoms with Crippen LogP contribution in [0, 0.1) is 11.8 Å². The monoisotopic (exact) mass is 406 g/mol. The van der Waals surface area contributed by atoms with Gasteiger partial charge in [-0.25, -0.2) is 18.5 Å². The summed E-state index contributed by atoms with van der Waals surface area (Å²) in [5, 5.41) is 6.16. The number of benzene rings is 1. The molecule has 2 aromatic heterocycles. The van der Waals surface area contributed by atoms with Gasteiger partial charge in [-0.15, -0.1) is 5.92 Å². The second-order valence-corrected chi connectivity index (χ2v) is 7.30. The van der Waals surface area contributed by atoms with E-state index in [1.165, 1.54) is 24.1 Å². The molecule has 0 saturated carbocycles. The fraction of sp³-hybridized carbons (Fsp3) is 0.176. The molecule has 27 heavy (non-hydrogen) atoms. The van der Waals surface area contributed by atoms with Crippen LogP contribution >= 0.6 is 11.6 Å². The molecule has 0 spiro atoms. The summed E-state index contributed by atoms with van der Waals surface area (Å²) >= 11 is 6.06. The van der Waals surface area contributed by atoms with Crippen LogP contribution in [-0.2, 0) is 10.0 Å². The third-order valence-corrected chi connectivity index (χ3v) is 4.81. The van der Waals surface area contributed by atoms with Crippen LogP contribution in [0.2, 0.25) is 5.02 Å². The highest BCUT2D eigenvalue weighted by Gasteiger charge is 2.20. The molecule has 0 saturated heterocycles. The molecular formula is C17H15ClN4O4S. The highest BCUT2D eigenvalue weighted by atomic mass is 35.5. The van der Waals surface area contributed by atoms with Gasteiger partial charge in [-0.1, -0.05) is 17.5 Å². The predicted octanol–water partition coefficient (Wildman–Crippen LogP) is 2.13.